The summed E-state index contributed by atoms with van der Waals surface area (Å²) >= 11 is 0. The number of anilines is 6. The summed E-state index contributed by atoms with van der Waals surface area (Å²) < 4.78 is 2.74. The Bertz CT molecular complexity index is 3830. The number of rotatable bonds is 3. The van der Waals surface area contributed by atoms with Gasteiger partial charge >= 0.3 is 0 Å². The smallest absolute Gasteiger partial charge is 0.252 e. The van der Waals surface area contributed by atoms with Crippen molar-refractivity contribution in [1.82, 2.24) is 4.57 Å². The van der Waals surface area contributed by atoms with Crippen LogP contribution in [0.2, 0.25) is 0 Å². The first-order chi connectivity index (χ1) is 35.7. The molecule has 0 unspecified atom stereocenters. The van der Waals surface area contributed by atoms with E-state index in [2.05, 4.69) is 283 Å². The van der Waals surface area contributed by atoms with Crippen LogP contribution in [0, 0.1) is 0 Å². The van der Waals surface area contributed by atoms with E-state index >= 15 is 0 Å². The molecule has 0 fully saturated rings. The molecule has 0 radical (unpaired) electrons. The van der Waals surface area contributed by atoms with Gasteiger partial charge in [0, 0.05) is 67.0 Å². The molecule has 1 aliphatic carbocycles. The van der Waals surface area contributed by atoms with Crippen molar-refractivity contribution in [3.05, 3.63) is 202 Å². The fraction of sp³-hybridized carbons (Fsp3) is 0.306. The van der Waals surface area contributed by atoms with Gasteiger partial charge in [-0.15, -0.1) is 0 Å². The van der Waals surface area contributed by atoms with Gasteiger partial charge in [-0.3, -0.25) is 0 Å². The van der Waals surface area contributed by atoms with E-state index < -0.39 is 0 Å². The predicted octanol–water partition coefficient (Wildman–Crippen LogP) is 17.5. The number of hydrogen-bond acceptors (Lipinski definition) is 2. The summed E-state index contributed by atoms with van der Waals surface area (Å²) in [6.45, 7) is 37.8. The van der Waals surface area contributed by atoms with Gasteiger partial charge in [-0.1, -0.05) is 202 Å². The molecular formula is C72H74BN3. The van der Waals surface area contributed by atoms with Gasteiger partial charge in [-0.25, -0.2) is 0 Å². The summed E-state index contributed by atoms with van der Waals surface area (Å²) in [6.07, 6.45) is 0. The van der Waals surface area contributed by atoms with E-state index in [1.165, 1.54) is 117 Å². The van der Waals surface area contributed by atoms with Crippen LogP contribution in [0.3, 0.4) is 0 Å². The minimum atomic E-state index is -0.321. The molecule has 8 aromatic carbocycles. The second-order valence-electron chi connectivity index (χ2n) is 28.0. The molecule has 4 bridgehead atoms. The quantitative estimate of drug-likeness (QED) is 0.163. The van der Waals surface area contributed by atoms with Gasteiger partial charge in [0.25, 0.3) is 6.71 Å². The summed E-state index contributed by atoms with van der Waals surface area (Å²) in [4.78, 5) is 5.18. The summed E-state index contributed by atoms with van der Waals surface area (Å²) in [5.74, 6) is 0. The summed E-state index contributed by atoms with van der Waals surface area (Å²) in [7, 11) is 0. The monoisotopic (exact) mass is 992 g/mol. The minimum absolute atomic E-state index is 0.0283. The summed E-state index contributed by atoms with van der Waals surface area (Å²) in [6, 6.07) is 62.6. The maximum Gasteiger partial charge on any atom is 0.252 e. The lowest BCUT2D eigenvalue weighted by atomic mass is 9.33. The standard InChI is InChI=1S/C72H74BN3/c1-67(2,3)44-25-30-50(31-26-44)74(51-32-27-45(28-33-51)68(4,5)6)52-34-35-57-60(42-52)75-59-36-29-47(69(7,8)9)37-54(59)43-21-23-46(24-22-43)71(13,14)49-40-61(75)64-62(41-49)76-65-55(38-48(70(10,11)12)39-58(65)73(57)64)63-66(76)53-19-17-18-20-56(53)72(63,15)16/h17-42H,1-16H3. The van der Waals surface area contributed by atoms with Gasteiger partial charge in [0.1, 0.15) is 0 Å². The topological polar surface area (TPSA) is 11.4 Å². The third-order valence-electron chi connectivity index (χ3n) is 18.2. The molecule has 5 aliphatic rings. The molecule has 5 heterocycles. The molecule has 9 aromatic rings. The maximum atomic E-state index is 2.74. The first-order valence-corrected chi connectivity index (χ1v) is 28.0. The molecule has 0 N–H and O–H groups in total. The Morgan fingerprint density at radius 3 is 1.59 bits per heavy atom. The Morgan fingerprint density at radius 2 is 0.987 bits per heavy atom. The van der Waals surface area contributed by atoms with E-state index in [9.17, 15) is 0 Å². The van der Waals surface area contributed by atoms with E-state index in [0.717, 1.165) is 17.1 Å². The molecule has 3 nitrogen and oxygen atoms in total. The van der Waals surface area contributed by atoms with Crippen LogP contribution in [0.5, 0.6) is 0 Å². The molecule has 380 valence electrons. The predicted molar refractivity (Wildman–Crippen MR) is 327 cm³/mol. The zero-order valence-corrected chi connectivity index (χ0v) is 47.9. The first kappa shape index (κ1) is 48.6. The highest BCUT2D eigenvalue weighted by molar-refractivity contribution is 7.00. The second-order valence-corrected chi connectivity index (χ2v) is 28.0. The van der Waals surface area contributed by atoms with Crippen LogP contribution in [0.1, 0.15) is 155 Å². The fourth-order valence-electron chi connectivity index (χ4n) is 13.6. The molecule has 1 aromatic heterocycles. The molecule has 0 saturated carbocycles. The number of hydrogen-bond donors (Lipinski definition) is 0. The third-order valence-corrected chi connectivity index (χ3v) is 18.2. The zero-order valence-electron chi connectivity index (χ0n) is 47.9. The van der Waals surface area contributed by atoms with Crippen LogP contribution in [0.15, 0.2) is 158 Å². The Labute approximate surface area is 453 Å². The Kier molecular flexibility index (Phi) is 10.1. The van der Waals surface area contributed by atoms with Crippen molar-refractivity contribution in [1.29, 1.82) is 0 Å². The van der Waals surface area contributed by atoms with Gasteiger partial charge < -0.3 is 14.4 Å². The lowest BCUT2D eigenvalue weighted by molar-refractivity contribution is 0.590. The third kappa shape index (κ3) is 7.00. The highest BCUT2D eigenvalue weighted by atomic mass is 15.2. The molecule has 4 aliphatic heterocycles. The maximum absolute atomic E-state index is 2.74. The van der Waals surface area contributed by atoms with Crippen molar-refractivity contribution in [3.8, 4) is 28.1 Å². The van der Waals surface area contributed by atoms with Crippen molar-refractivity contribution in [3.63, 3.8) is 0 Å². The fourth-order valence-corrected chi connectivity index (χ4v) is 13.6. The van der Waals surface area contributed by atoms with E-state index in [1.807, 2.05) is 0 Å². The van der Waals surface area contributed by atoms with Crippen LogP contribution in [0.4, 0.5) is 34.1 Å². The lowest BCUT2D eigenvalue weighted by Crippen LogP contribution is -2.60. The Morgan fingerprint density at radius 1 is 0.421 bits per heavy atom. The van der Waals surface area contributed by atoms with Crippen molar-refractivity contribution >= 4 is 68.1 Å². The average molecular weight is 992 g/mol. The summed E-state index contributed by atoms with van der Waals surface area (Å²) in [5.41, 5.74) is 29.2. The van der Waals surface area contributed by atoms with Crippen LogP contribution < -0.4 is 26.2 Å². The average Bonchev–Trinajstić information content (AvgIpc) is 3.85. The Balaban J connectivity index is 1.18. The molecule has 0 amide bonds. The van der Waals surface area contributed by atoms with Gasteiger partial charge in [0.15, 0.2) is 0 Å². The van der Waals surface area contributed by atoms with Crippen molar-refractivity contribution in [2.45, 2.75) is 143 Å². The second kappa shape index (κ2) is 15.8. The molecule has 0 spiro atoms. The number of aromatic nitrogens is 1. The minimum Gasteiger partial charge on any atom is -0.311 e. The molecular weight excluding hydrogens is 918 g/mol. The SMILES string of the molecule is CC(C)(C)c1ccc(N(c2ccc(C(C)(C)C)cc2)c2ccc3c(c2)N2c4ccc(C(C)(C)C)cc4-c4ccc(cc4)C(C)(C)c4cc2c2c(c4)-n4c5c(c6cc(C(C)(C)C)cc(c64)B32)C(C)(C)c2ccccc2-5)cc1. The van der Waals surface area contributed by atoms with Crippen LogP contribution in [-0.2, 0) is 32.5 Å². The van der Waals surface area contributed by atoms with Crippen molar-refractivity contribution < 1.29 is 0 Å². The van der Waals surface area contributed by atoms with Gasteiger partial charge in [0.05, 0.1) is 11.4 Å². The number of benzene rings is 8. The molecule has 0 saturated heterocycles. The molecule has 4 heteroatoms. The van der Waals surface area contributed by atoms with Gasteiger partial charge in [0.2, 0.25) is 0 Å². The number of nitrogens with zero attached hydrogens (tertiary/aromatic N) is 3. The van der Waals surface area contributed by atoms with Crippen LogP contribution in [-0.4, -0.2) is 11.3 Å². The van der Waals surface area contributed by atoms with Crippen molar-refractivity contribution in [2.24, 2.45) is 0 Å². The lowest BCUT2D eigenvalue weighted by Gasteiger charge is -2.43. The highest BCUT2D eigenvalue weighted by Gasteiger charge is 2.49. The molecule has 0 atom stereocenters. The Hall–Kier alpha value is -7.04. The highest BCUT2D eigenvalue weighted by Crippen LogP contribution is 2.56. The molecule has 76 heavy (non-hydrogen) atoms. The summed E-state index contributed by atoms with van der Waals surface area (Å²) in [5, 5.41) is 1.38. The normalized spacial score (nSPS) is 15.5. The van der Waals surface area contributed by atoms with E-state index in [-0.39, 0.29) is 39.2 Å². The van der Waals surface area contributed by atoms with E-state index in [0.29, 0.717) is 0 Å². The van der Waals surface area contributed by atoms with Crippen molar-refractivity contribution in [2.75, 3.05) is 9.80 Å². The van der Waals surface area contributed by atoms with Gasteiger partial charge in [-0.2, -0.15) is 0 Å². The van der Waals surface area contributed by atoms with E-state index in [4.69, 9.17) is 0 Å². The molecule has 14 rings (SSSR count). The van der Waals surface area contributed by atoms with Gasteiger partial charge in [-0.05, 0) is 155 Å². The number of fused-ring (bicyclic) bond motifs is 11. The zero-order chi connectivity index (χ0) is 53.6. The first-order valence-electron chi connectivity index (χ1n) is 28.0. The van der Waals surface area contributed by atoms with Crippen LogP contribution >= 0.6 is 0 Å². The van der Waals surface area contributed by atoms with E-state index in [1.54, 1.807) is 0 Å². The largest absolute Gasteiger partial charge is 0.311 e. The van der Waals surface area contributed by atoms with Crippen LogP contribution in [0.25, 0.3) is 39.0 Å².